The van der Waals surface area contributed by atoms with Gasteiger partial charge in [-0.05, 0) is 67.9 Å². The Balaban J connectivity index is 1.85. The smallest absolute Gasteiger partial charge is 0.242 e. The molecule has 38 heavy (non-hydrogen) atoms. The van der Waals surface area contributed by atoms with Crippen LogP contribution in [0, 0.1) is 13.8 Å². The van der Waals surface area contributed by atoms with Gasteiger partial charge in [-0.2, -0.15) is 0 Å². The molecule has 0 saturated heterocycles. The van der Waals surface area contributed by atoms with Crippen molar-refractivity contribution in [3.05, 3.63) is 144 Å². The van der Waals surface area contributed by atoms with E-state index in [9.17, 15) is 0 Å². The average Bonchev–Trinajstić information content (AvgIpc) is 2.94. The van der Waals surface area contributed by atoms with Crippen molar-refractivity contribution in [3.8, 4) is 0 Å². The molecular weight excluding hydrogens is 457 g/mol. The van der Waals surface area contributed by atoms with Gasteiger partial charge in [0.05, 0.1) is 0 Å². The largest absolute Gasteiger partial charge is 0.309 e. The lowest BCUT2D eigenvalue weighted by Gasteiger charge is -2.25. The zero-order chi connectivity index (χ0) is 26.5. The van der Waals surface area contributed by atoms with E-state index in [0.717, 1.165) is 13.0 Å². The Morgan fingerprint density at radius 3 is 1.79 bits per heavy atom. The number of hydrogen-bond acceptors (Lipinski definition) is 1. The Morgan fingerprint density at radius 2 is 1.13 bits per heavy atom. The second-order valence-corrected chi connectivity index (χ2v) is 10.6. The van der Waals surface area contributed by atoms with Crippen LogP contribution in [-0.4, -0.2) is 32.3 Å². The molecule has 188 valence electrons. The number of fused-ring (bicyclic) bond motifs is 1. The van der Waals surface area contributed by atoms with E-state index >= 15 is 0 Å². The van der Waals surface area contributed by atoms with Gasteiger partial charge in [0.1, 0.15) is 0 Å². The fourth-order valence-electron chi connectivity index (χ4n) is 5.33. The maximum absolute atomic E-state index is 2.39. The molecule has 0 radical (unpaired) electrons. The van der Waals surface area contributed by atoms with E-state index in [1.165, 1.54) is 55.0 Å². The van der Waals surface area contributed by atoms with E-state index in [4.69, 9.17) is 0 Å². The summed E-state index contributed by atoms with van der Waals surface area (Å²) in [5.74, 6) is 0. The Morgan fingerprint density at radius 1 is 0.579 bits per heavy atom. The van der Waals surface area contributed by atoms with Gasteiger partial charge >= 0.3 is 0 Å². The van der Waals surface area contributed by atoms with Gasteiger partial charge in [-0.1, -0.05) is 143 Å². The van der Waals surface area contributed by atoms with Crippen molar-refractivity contribution < 1.29 is 0 Å². The van der Waals surface area contributed by atoms with Gasteiger partial charge in [0.15, 0.2) is 0 Å². The van der Waals surface area contributed by atoms with Gasteiger partial charge in [0, 0.05) is 6.54 Å². The third-order valence-corrected chi connectivity index (χ3v) is 7.43. The second-order valence-electron chi connectivity index (χ2n) is 10.6. The van der Waals surface area contributed by atoms with Crippen LogP contribution in [0.5, 0.6) is 0 Å². The minimum absolute atomic E-state index is 0.108. The summed E-state index contributed by atoms with van der Waals surface area (Å²) < 4.78 is 0. The van der Waals surface area contributed by atoms with Crippen molar-refractivity contribution in [3.63, 3.8) is 0 Å². The molecule has 0 aliphatic rings. The highest BCUT2D eigenvalue weighted by atomic mass is 15.0. The fourth-order valence-corrected chi connectivity index (χ4v) is 5.33. The predicted molar refractivity (Wildman–Crippen MR) is 168 cm³/mol. The fraction of sp³-hybridized carbons (Fsp3) is 0.167. The molecule has 0 amide bonds. The Kier molecular flexibility index (Phi) is 7.91. The third kappa shape index (κ3) is 5.82. The van der Waals surface area contributed by atoms with E-state index in [-0.39, 0.29) is 6.71 Å². The minimum atomic E-state index is 0.108. The summed E-state index contributed by atoms with van der Waals surface area (Å²) in [7, 11) is 4.33. The molecule has 0 N–H and O–H groups in total. The molecule has 1 nitrogen and oxygen atoms in total. The summed E-state index contributed by atoms with van der Waals surface area (Å²) in [4.78, 5) is 2.29. The van der Waals surface area contributed by atoms with Crippen LogP contribution in [0.4, 0.5) is 0 Å². The van der Waals surface area contributed by atoms with Gasteiger partial charge in [0.2, 0.25) is 6.71 Å². The van der Waals surface area contributed by atoms with Crippen LogP contribution in [0.15, 0.2) is 121 Å². The quantitative estimate of drug-likeness (QED) is 0.164. The highest BCUT2D eigenvalue weighted by Crippen LogP contribution is 2.33. The van der Waals surface area contributed by atoms with E-state index in [1.807, 2.05) is 0 Å². The summed E-state index contributed by atoms with van der Waals surface area (Å²) >= 11 is 0. The average molecular weight is 494 g/mol. The first-order chi connectivity index (χ1) is 18.5. The molecule has 0 aliphatic carbocycles. The van der Waals surface area contributed by atoms with Crippen LogP contribution < -0.4 is 10.9 Å². The highest BCUT2D eigenvalue weighted by Gasteiger charge is 2.28. The maximum Gasteiger partial charge on any atom is 0.242 e. The van der Waals surface area contributed by atoms with E-state index in [0.29, 0.717) is 0 Å². The van der Waals surface area contributed by atoms with Gasteiger partial charge < -0.3 is 4.90 Å². The lowest BCUT2D eigenvalue weighted by molar-refractivity contribution is 0.419. The molecule has 0 atom stereocenters. The number of nitrogens with zero attached hydrogens (tertiary/aromatic N) is 1. The molecule has 5 aromatic carbocycles. The van der Waals surface area contributed by atoms with Crippen molar-refractivity contribution >= 4 is 39.5 Å². The van der Waals surface area contributed by atoms with Gasteiger partial charge in [0.25, 0.3) is 0 Å². The molecule has 0 saturated carbocycles. The topological polar surface area (TPSA) is 3.24 Å². The zero-order valence-electron chi connectivity index (χ0n) is 23.0. The number of aryl methyl sites for hydroxylation is 2. The molecule has 0 fully saturated rings. The normalized spacial score (nSPS) is 12.0. The van der Waals surface area contributed by atoms with Crippen molar-refractivity contribution in [1.82, 2.24) is 4.90 Å². The lowest BCUT2D eigenvalue weighted by Crippen LogP contribution is -2.44. The molecule has 0 aromatic heterocycles. The van der Waals surface area contributed by atoms with Crippen LogP contribution in [0.25, 0.3) is 21.8 Å². The maximum atomic E-state index is 2.39. The number of benzene rings is 5. The van der Waals surface area contributed by atoms with E-state index < -0.39 is 0 Å². The summed E-state index contributed by atoms with van der Waals surface area (Å²) in [6, 6.07) is 44.9. The molecule has 0 unspecified atom stereocenters. The first kappa shape index (κ1) is 25.8. The molecule has 0 heterocycles. The standard InChI is InChI=1S/C36H36BN/c1-27-14-18-30(19-15-27)35(24-25-38(3)4)36(32-21-20-29-10-8-9-11-31(29)26-32)37(33-12-6-5-7-13-33)34-22-16-28(2)17-23-34/h5-23,26H,24-25H2,1-4H3/b36-35+. The molecule has 5 rings (SSSR count). The molecule has 0 aliphatic heterocycles. The Bertz CT molecular complexity index is 1530. The van der Waals surface area contributed by atoms with Crippen LogP contribution in [0.2, 0.25) is 0 Å². The van der Waals surface area contributed by atoms with Gasteiger partial charge in [-0.3, -0.25) is 0 Å². The van der Waals surface area contributed by atoms with Crippen molar-refractivity contribution in [2.75, 3.05) is 20.6 Å². The molecule has 2 heteroatoms. The molecule has 5 aromatic rings. The monoisotopic (exact) mass is 493 g/mol. The lowest BCUT2D eigenvalue weighted by atomic mass is 9.34. The Hall–Kier alpha value is -3.88. The van der Waals surface area contributed by atoms with Crippen molar-refractivity contribution in [2.45, 2.75) is 20.3 Å². The SMILES string of the molecule is Cc1ccc(B(/C(=C(\CCN(C)C)c2ccc(C)cc2)c2ccc3ccccc3c2)c2ccccc2)cc1. The first-order valence-electron chi connectivity index (χ1n) is 13.5. The number of hydrogen-bond donors (Lipinski definition) is 0. The zero-order valence-corrected chi connectivity index (χ0v) is 23.0. The summed E-state index contributed by atoms with van der Waals surface area (Å²) in [6.07, 6.45) is 0.966. The van der Waals surface area contributed by atoms with Crippen molar-refractivity contribution in [2.24, 2.45) is 0 Å². The third-order valence-electron chi connectivity index (χ3n) is 7.43. The van der Waals surface area contributed by atoms with E-state index in [2.05, 4.69) is 154 Å². The Labute approximate surface area is 228 Å². The van der Waals surface area contributed by atoms with Crippen LogP contribution in [0.3, 0.4) is 0 Å². The summed E-state index contributed by atoms with van der Waals surface area (Å²) in [5.41, 5.74) is 10.6. The van der Waals surface area contributed by atoms with Crippen LogP contribution >= 0.6 is 0 Å². The first-order valence-corrected chi connectivity index (χ1v) is 13.5. The van der Waals surface area contributed by atoms with Gasteiger partial charge in [-0.15, -0.1) is 0 Å². The van der Waals surface area contributed by atoms with Crippen LogP contribution in [0.1, 0.15) is 28.7 Å². The summed E-state index contributed by atoms with van der Waals surface area (Å²) in [6.45, 7) is 5.42. The predicted octanol–water partition coefficient (Wildman–Crippen LogP) is 7.17. The van der Waals surface area contributed by atoms with Crippen LogP contribution in [-0.2, 0) is 0 Å². The molecule has 0 bridgehead atoms. The van der Waals surface area contributed by atoms with Crippen molar-refractivity contribution in [1.29, 1.82) is 0 Å². The highest BCUT2D eigenvalue weighted by molar-refractivity contribution is 7.00. The minimum Gasteiger partial charge on any atom is -0.309 e. The van der Waals surface area contributed by atoms with E-state index in [1.54, 1.807) is 0 Å². The second kappa shape index (κ2) is 11.7. The molecule has 0 spiro atoms. The summed E-state index contributed by atoms with van der Waals surface area (Å²) in [5, 5.41) is 2.54. The van der Waals surface area contributed by atoms with Gasteiger partial charge in [-0.25, -0.2) is 0 Å². The molecular formula is C36H36BN. The number of rotatable bonds is 8.